The van der Waals surface area contributed by atoms with Crippen molar-refractivity contribution in [1.82, 2.24) is 4.31 Å². The van der Waals surface area contributed by atoms with E-state index in [2.05, 4.69) is 19.2 Å². The van der Waals surface area contributed by atoms with E-state index < -0.39 is 10.0 Å². The van der Waals surface area contributed by atoms with Crippen LogP contribution in [0.5, 0.6) is 0 Å². The molecule has 1 fully saturated rings. The lowest BCUT2D eigenvalue weighted by molar-refractivity contribution is 0.281. The zero-order valence-corrected chi connectivity index (χ0v) is 14.2. The summed E-state index contributed by atoms with van der Waals surface area (Å²) in [4.78, 5) is 0.337. The Labute approximate surface area is 128 Å². The number of nitrogens with zero attached hydrogens (tertiary/aromatic N) is 1. The third-order valence-corrected chi connectivity index (χ3v) is 6.01. The minimum atomic E-state index is -3.34. The highest BCUT2D eigenvalue weighted by molar-refractivity contribution is 7.89. The fourth-order valence-corrected chi connectivity index (χ4v) is 4.14. The number of rotatable bonds is 4. The van der Waals surface area contributed by atoms with Crippen LogP contribution in [0.2, 0.25) is 0 Å². The number of benzene rings is 1. The Bertz CT molecular complexity index is 556. The minimum Gasteiger partial charge on any atom is -0.382 e. The van der Waals surface area contributed by atoms with Gasteiger partial charge >= 0.3 is 0 Å². The number of hydrogen-bond acceptors (Lipinski definition) is 3. The third kappa shape index (κ3) is 3.98. The third-order valence-electron chi connectivity index (χ3n) is 4.18. The van der Waals surface area contributed by atoms with Crippen LogP contribution in [0.1, 0.15) is 33.1 Å². The molecule has 1 N–H and O–H groups in total. The number of nitrogens with one attached hydrogen (secondary N) is 1. The van der Waals surface area contributed by atoms with Crippen molar-refractivity contribution in [3.8, 4) is 0 Å². The summed E-state index contributed by atoms with van der Waals surface area (Å²) in [5, 5.41) is 3.54. The smallest absolute Gasteiger partial charge is 0.242 e. The fraction of sp³-hybridized carbons (Fsp3) is 0.625. The highest BCUT2D eigenvalue weighted by atomic mass is 32.2. The van der Waals surface area contributed by atoms with Crippen molar-refractivity contribution >= 4 is 15.7 Å². The fourth-order valence-electron chi connectivity index (χ4n) is 3.23. The largest absolute Gasteiger partial charge is 0.382 e. The first-order chi connectivity index (χ1) is 9.79. The van der Waals surface area contributed by atoms with Crippen molar-refractivity contribution in [2.24, 2.45) is 11.8 Å². The molecule has 0 saturated heterocycles. The molecule has 0 amide bonds. The van der Waals surface area contributed by atoms with Crippen LogP contribution in [0.15, 0.2) is 29.2 Å². The molecule has 21 heavy (non-hydrogen) atoms. The maximum absolute atomic E-state index is 12.0. The minimum absolute atomic E-state index is 0.337. The molecule has 1 aliphatic rings. The van der Waals surface area contributed by atoms with E-state index in [1.807, 2.05) is 12.1 Å². The number of sulfonamides is 1. The van der Waals surface area contributed by atoms with Crippen LogP contribution in [0.3, 0.4) is 0 Å². The van der Waals surface area contributed by atoms with Gasteiger partial charge in [-0.05, 0) is 55.4 Å². The molecule has 5 heteroatoms. The maximum Gasteiger partial charge on any atom is 0.242 e. The second-order valence-electron chi connectivity index (χ2n) is 6.57. The van der Waals surface area contributed by atoms with Gasteiger partial charge in [0.25, 0.3) is 0 Å². The molecule has 2 rings (SSSR count). The lowest BCUT2D eigenvalue weighted by Gasteiger charge is -2.32. The molecule has 0 heterocycles. The van der Waals surface area contributed by atoms with Gasteiger partial charge in [0.15, 0.2) is 0 Å². The summed E-state index contributed by atoms with van der Waals surface area (Å²) >= 11 is 0. The summed E-state index contributed by atoms with van der Waals surface area (Å²) in [5.74, 6) is 1.50. The van der Waals surface area contributed by atoms with Crippen LogP contribution < -0.4 is 5.32 Å². The van der Waals surface area contributed by atoms with Gasteiger partial charge in [-0.15, -0.1) is 0 Å². The van der Waals surface area contributed by atoms with Gasteiger partial charge in [-0.2, -0.15) is 0 Å². The van der Waals surface area contributed by atoms with Crippen molar-refractivity contribution in [2.75, 3.05) is 19.4 Å². The van der Waals surface area contributed by atoms with E-state index in [0.29, 0.717) is 10.9 Å². The van der Waals surface area contributed by atoms with Gasteiger partial charge in [0, 0.05) is 25.8 Å². The topological polar surface area (TPSA) is 49.4 Å². The Kier molecular flexibility index (Phi) is 4.94. The lowest BCUT2D eigenvalue weighted by Crippen LogP contribution is -2.30. The zero-order valence-electron chi connectivity index (χ0n) is 13.3. The van der Waals surface area contributed by atoms with E-state index in [9.17, 15) is 8.42 Å². The van der Waals surface area contributed by atoms with E-state index in [0.717, 1.165) is 17.5 Å². The van der Waals surface area contributed by atoms with E-state index in [1.54, 1.807) is 26.2 Å². The average molecular weight is 310 g/mol. The maximum atomic E-state index is 12.0. The molecule has 1 aromatic carbocycles. The normalized spacial score (nSPS) is 26.8. The van der Waals surface area contributed by atoms with E-state index in [4.69, 9.17) is 0 Å². The quantitative estimate of drug-likeness (QED) is 0.929. The van der Waals surface area contributed by atoms with Gasteiger partial charge in [-0.3, -0.25) is 0 Å². The van der Waals surface area contributed by atoms with E-state index in [-0.39, 0.29) is 0 Å². The van der Waals surface area contributed by atoms with E-state index in [1.165, 1.54) is 23.6 Å². The van der Waals surface area contributed by atoms with Crippen LogP contribution >= 0.6 is 0 Å². The standard InChI is InChI=1S/C16H26N2O2S/c1-12-9-13(2)11-15(10-12)17-14-5-7-16(8-6-14)21(19,20)18(3)4/h5-8,12-13,15,17H,9-11H2,1-4H3. The van der Waals surface area contributed by atoms with Gasteiger partial charge in [-0.1, -0.05) is 13.8 Å². The monoisotopic (exact) mass is 310 g/mol. The molecule has 0 spiro atoms. The summed E-state index contributed by atoms with van der Waals surface area (Å²) < 4.78 is 25.3. The predicted molar refractivity (Wildman–Crippen MR) is 86.9 cm³/mol. The SMILES string of the molecule is CC1CC(C)CC(Nc2ccc(S(=O)(=O)N(C)C)cc2)C1. The summed E-state index contributed by atoms with van der Waals surface area (Å²) in [6, 6.07) is 7.56. The molecule has 0 aliphatic heterocycles. The average Bonchev–Trinajstić information content (AvgIpc) is 2.37. The first-order valence-corrected chi connectivity index (χ1v) is 9.02. The highest BCUT2D eigenvalue weighted by Crippen LogP contribution is 2.30. The summed E-state index contributed by atoms with van der Waals surface area (Å²) in [5.41, 5.74) is 0.999. The first kappa shape index (κ1) is 16.3. The van der Waals surface area contributed by atoms with Gasteiger partial charge < -0.3 is 5.32 Å². The van der Waals surface area contributed by atoms with E-state index >= 15 is 0 Å². The Morgan fingerprint density at radius 3 is 2.00 bits per heavy atom. The van der Waals surface area contributed by atoms with Crippen molar-refractivity contribution in [1.29, 1.82) is 0 Å². The second-order valence-corrected chi connectivity index (χ2v) is 8.72. The first-order valence-electron chi connectivity index (χ1n) is 7.58. The Morgan fingerprint density at radius 1 is 1.00 bits per heavy atom. The Hall–Kier alpha value is -1.07. The summed E-state index contributed by atoms with van der Waals surface area (Å²) in [6.45, 7) is 4.61. The van der Waals surface area contributed by atoms with Crippen molar-refractivity contribution < 1.29 is 8.42 Å². The molecule has 2 unspecified atom stereocenters. The highest BCUT2D eigenvalue weighted by Gasteiger charge is 2.24. The Morgan fingerprint density at radius 2 is 1.52 bits per heavy atom. The van der Waals surface area contributed by atoms with Gasteiger partial charge in [0.2, 0.25) is 10.0 Å². The van der Waals surface area contributed by atoms with Crippen LogP contribution in [-0.4, -0.2) is 32.9 Å². The van der Waals surface area contributed by atoms with Crippen molar-refractivity contribution in [3.63, 3.8) is 0 Å². The van der Waals surface area contributed by atoms with Crippen molar-refractivity contribution in [3.05, 3.63) is 24.3 Å². The van der Waals surface area contributed by atoms with Crippen LogP contribution in [0.4, 0.5) is 5.69 Å². The van der Waals surface area contributed by atoms with Crippen LogP contribution in [0, 0.1) is 11.8 Å². The molecule has 0 bridgehead atoms. The van der Waals surface area contributed by atoms with Gasteiger partial charge in [-0.25, -0.2) is 12.7 Å². The van der Waals surface area contributed by atoms with Crippen molar-refractivity contribution in [2.45, 2.75) is 44.0 Å². The van der Waals surface area contributed by atoms with Crippen LogP contribution in [0.25, 0.3) is 0 Å². The number of anilines is 1. The lowest BCUT2D eigenvalue weighted by atomic mass is 9.80. The predicted octanol–water partition coefficient (Wildman–Crippen LogP) is 3.17. The van der Waals surface area contributed by atoms with Gasteiger partial charge in [0.1, 0.15) is 0 Å². The molecule has 1 aromatic rings. The number of hydrogen-bond donors (Lipinski definition) is 1. The molecule has 0 radical (unpaired) electrons. The molecule has 2 atom stereocenters. The zero-order chi connectivity index (χ0) is 15.6. The molecular weight excluding hydrogens is 284 g/mol. The molecule has 0 aromatic heterocycles. The summed E-state index contributed by atoms with van der Waals surface area (Å²) in [6.07, 6.45) is 3.67. The molecule has 118 valence electrons. The van der Waals surface area contributed by atoms with Crippen LogP contribution in [-0.2, 0) is 10.0 Å². The molecular formula is C16H26N2O2S. The molecule has 1 aliphatic carbocycles. The second kappa shape index (κ2) is 6.36. The Balaban J connectivity index is 2.06. The summed E-state index contributed by atoms with van der Waals surface area (Å²) in [7, 11) is -0.243. The van der Waals surface area contributed by atoms with Gasteiger partial charge in [0.05, 0.1) is 4.90 Å². The molecule has 4 nitrogen and oxygen atoms in total. The molecule has 1 saturated carbocycles.